The van der Waals surface area contributed by atoms with Gasteiger partial charge in [0.25, 0.3) is 5.88 Å². The Morgan fingerprint density at radius 3 is 2.65 bits per heavy atom. The van der Waals surface area contributed by atoms with E-state index in [1.165, 1.54) is 6.20 Å². The number of rotatable bonds is 3. The number of hydrogen-bond acceptors (Lipinski definition) is 3. The molecule has 0 unspecified atom stereocenters. The predicted octanol–water partition coefficient (Wildman–Crippen LogP) is 3.78. The van der Waals surface area contributed by atoms with E-state index in [2.05, 4.69) is 14.8 Å². The molecule has 8 heteroatoms. The number of fused-ring (bicyclic) bond motifs is 1. The number of nitrogens with zero attached hydrogens (tertiary/aromatic N) is 3. The van der Waals surface area contributed by atoms with Gasteiger partial charge in [0.2, 0.25) is 0 Å². The van der Waals surface area contributed by atoms with E-state index < -0.39 is 24.5 Å². The third kappa shape index (κ3) is 3.25. The van der Waals surface area contributed by atoms with Gasteiger partial charge in [-0.05, 0) is 36.2 Å². The molecular weight excluding hydrogens is 314 g/mol. The summed E-state index contributed by atoms with van der Waals surface area (Å²) in [6.07, 6.45) is 0.138. The molecule has 0 radical (unpaired) electrons. The van der Waals surface area contributed by atoms with Gasteiger partial charge in [-0.1, -0.05) is 0 Å². The molecule has 0 saturated carbocycles. The monoisotopic (exact) mass is 325 g/mol. The maximum Gasteiger partial charge on any atom is 0.422 e. The van der Waals surface area contributed by atoms with Crippen LogP contribution in [0.5, 0.6) is 5.88 Å². The first-order valence-electron chi connectivity index (χ1n) is 6.63. The molecule has 0 aliphatic rings. The number of aromatic nitrogens is 3. The molecule has 3 aromatic rings. The van der Waals surface area contributed by atoms with E-state index in [1.807, 2.05) is 6.92 Å². The minimum Gasteiger partial charge on any atom is -0.466 e. The van der Waals surface area contributed by atoms with Crippen molar-refractivity contribution in [2.45, 2.75) is 13.1 Å². The van der Waals surface area contributed by atoms with Crippen molar-refractivity contribution in [1.82, 2.24) is 14.6 Å². The lowest BCUT2D eigenvalue weighted by Crippen LogP contribution is -2.20. The van der Waals surface area contributed by atoms with Crippen molar-refractivity contribution < 1.29 is 22.3 Å². The molecule has 0 amide bonds. The number of alkyl halides is 3. The van der Waals surface area contributed by atoms with Crippen molar-refractivity contribution in [2.24, 2.45) is 0 Å². The Morgan fingerprint density at radius 2 is 1.96 bits per heavy atom. The molecule has 0 atom stereocenters. The van der Waals surface area contributed by atoms with Crippen molar-refractivity contribution in [3.05, 3.63) is 48.2 Å². The summed E-state index contributed by atoms with van der Waals surface area (Å²) in [5.41, 5.74) is 2.91. The van der Waals surface area contributed by atoms with Gasteiger partial charge in [-0.15, -0.1) is 0 Å². The molecule has 0 bridgehead atoms. The van der Waals surface area contributed by atoms with Crippen LogP contribution in [0.2, 0.25) is 0 Å². The van der Waals surface area contributed by atoms with E-state index in [0.29, 0.717) is 11.1 Å². The summed E-state index contributed by atoms with van der Waals surface area (Å²) < 4.78 is 56.2. The average Bonchev–Trinajstić information content (AvgIpc) is 2.86. The maximum atomic E-state index is 13.9. The van der Waals surface area contributed by atoms with Crippen LogP contribution in [0.3, 0.4) is 0 Å². The number of aryl methyl sites for hydroxylation is 1. The first kappa shape index (κ1) is 15.3. The van der Waals surface area contributed by atoms with E-state index >= 15 is 0 Å². The fourth-order valence-electron chi connectivity index (χ4n) is 2.12. The van der Waals surface area contributed by atoms with Crippen molar-refractivity contribution in [3.63, 3.8) is 0 Å². The number of pyridine rings is 2. The lowest BCUT2D eigenvalue weighted by atomic mass is 10.1. The fraction of sp³-hybridized carbons (Fsp3) is 0.200. The quantitative estimate of drug-likeness (QED) is 0.688. The van der Waals surface area contributed by atoms with Gasteiger partial charge in [0.1, 0.15) is 0 Å². The lowest BCUT2D eigenvalue weighted by Gasteiger charge is -2.10. The second-order valence-electron chi connectivity index (χ2n) is 4.99. The molecule has 23 heavy (non-hydrogen) atoms. The van der Waals surface area contributed by atoms with Gasteiger partial charge in [-0.25, -0.2) is 13.9 Å². The fourth-order valence-corrected chi connectivity index (χ4v) is 2.12. The molecular formula is C15H11F4N3O. The zero-order valence-corrected chi connectivity index (χ0v) is 11.9. The minimum atomic E-state index is -4.54. The SMILES string of the molecule is Cc1cnn2ccc(-c3cnc(OCC(F)(F)F)c(F)c3)cc12. The highest BCUT2D eigenvalue weighted by atomic mass is 19.4. The van der Waals surface area contributed by atoms with Crippen molar-refractivity contribution in [1.29, 1.82) is 0 Å². The maximum absolute atomic E-state index is 13.9. The summed E-state index contributed by atoms with van der Waals surface area (Å²) in [6.45, 7) is 0.302. The second-order valence-corrected chi connectivity index (χ2v) is 4.99. The van der Waals surface area contributed by atoms with Crippen LogP contribution in [0.15, 0.2) is 36.8 Å². The molecule has 120 valence electrons. The standard InChI is InChI=1S/C15H11F4N3O/c1-9-6-21-22-3-2-10(5-13(9)22)11-4-12(16)14(20-7-11)23-8-15(17,18)19/h2-7H,8H2,1H3. The van der Waals surface area contributed by atoms with Gasteiger partial charge in [-0.3, -0.25) is 0 Å². The smallest absolute Gasteiger partial charge is 0.422 e. The molecule has 3 rings (SSSR count). The third-order valence-electron chi connectivity index (χ3n) is 3.23. The largest absolute Gasteiger partial charge is 0.466 e. The molecule has 0 saturated heterocycles. The summed E-state index contributed by atoms with van der Waals surface area (Å²) in [5.74, 6) is -1.62. The number of ether oxygens (including phenoxy) is 1. The van der Waals surface area contributed by atoms with Gasteiger partial charge in [0.05, 0.1) is 11.7 Å². The predicted molar refractivity (Wildman–Crippen MR) is 74.7 cm³/mol. The van der Waals surface area contributed by atoms with Crippen LogP contribution in [-0.2, 0) is 0 Å². The topological polar surface area (TPSA) is 39.4 Å². The van der Waals surface area contributed by atoms with Crippen molar-refractivity contribution in [3.8, 4) is 17.0 Å². The van der Waals surface area contributed by atoms with Crippen LogP contribution in [0.1, 0.15) is 5.56 Å². The average molecular weight is 325 g/mol. The lowest BCUT2D eigenvalue weighted by molar-refractivity contribution is -0.154. The Kier molecular flexibility index (Phi) is 3.67. The molecule has 0 aliphatic carbocycles. The van der Waals surface area contributed by atoms with E-state index in [1.54, 1.807) is 29.0 Å². The number of halogens is 4. The van der Waals surface area contributed by atoms with Gasteiger partial charge in [0, 0.05) is 18.0 Å². The third-order valence-corrected chi connectivity index (χ3v) is 3.23. The Hall–Kier alpha value is -2.64. The normalized spacial score (nSPS) is 11.9. The highest BCUT2D eigenvalue weighted by Gasteiger charge is 2.29. The summed E-state index contributed by atoms with van der Waals surface area (Å²) in [4.78, 5) is 3.63. The summed E-state index contributed by atoms with van der Waals surface area (Å²) in [7, 11) is 0. The molecule has 3 aromatic heterocycles. The van der Waals surface area contributed by atoms with Crippen LogP contribution < -0.4 is 4.74 Å². The summed E-state index contributed by atoms with van der Waals surface area (Å²) in [6, 6.07) is 4.61. The van der Waals surface area contributed by atoms with E-state index in [-0.39, 0.29) is 0 Å². The molecule has 0 aliphatic heterocycles. The van der Waals surface area contributed by atoms with Gasteiger partial charge in [0.15, 0.2) is 12.4 Å². The van der Waals surface area contributed by atoms with E-state index in [9.17, 15) is 17.6 Å². The first-order chi connectivity index (χ1) is 10.8. The second kappa shape index (κ2) is 5.53. The molecule has 0 fully saturated rings. The zero-order valence-electron chi connectivity index (χ0n) is 11.9. The molecule has 4 nitrogen and oxygen atoms in total. The molecule has 0 spiro atoms. The molecule has 0 N–H and O–H groups in total. The highest BCUT2D eigenvalue weighted by molar-refractivity contribution is 5.70. The zero-order chi connectivity index (χ0) is 16.6. The number of hydrogen-bond donors (Lipinski definition) is 0. The highest BCUT2D eigenvalue weighted by Crippen LogP contribution is 2.26. The van der Waals surface area contributed by atoms with Gasteiger partial charge < -0.3 is 4.74 Å². The van der Waals surface area contributed by atoms with Crippen molar-refractivity contribution in [2.75, 3.05) is 6.61 Å². The summed E-state index contributed by atoms with van der Waals surface area (Å²) in [5, 5.41) is 4.13. The molecule has 3 heterocycles. The Morgan fingerprint density at radius 1 is 1.17 bits per heavy atom. The van der Waals surface area contributed by atoms with Gasteiger partial charge >= 0.3 is 6.18 Å². The van der Waals surface area contributed by atoms with Crippen LogP contribution in [0, 0.1) is 12.7 Å². The van der Waals surface area contributed by atoms with Crippen LogP contribution >= 0.6 is 0 Å². The van der Waals surface area contributed by atoms with Crippen LogP contribution in [0.4, 0.5) is 17.6 Å². The van der Waals surface area contributed by atoms with E-state index in [4.69, 9.17) is 0 Å². The Labute approximate surface area is 128 Å². The summed E-state index contributed by atoms with van der Waals surface area (Å²) >= 11 is 0. The minimum absolute atomic E-state index is 0.435. The van der Waals surface area contributed by atoms with Gasteiger partial charge in [-0.2, -0.15) is 18.3 Å². The first-order valence-corrected chi connectivity index (χ1v) is 6.63. The Bertz CT molecular complexity index is 858. The Balaban J connectivity index is 1.90. The van der Waals surface area contributed by atoms with E-state index in [0.717, 1.165) is 17.1 Å². The van der Waals surface area contributed by atoms with Crippen LogP contribution in [0.25, 0.3) is 16.6 Å². The van der Waals surface area contributed by atoms with Crippen molar-refractivity contribution >= 4 is 5.52 Å². The molecule has 0 aromatic carbocycles. The van der Waals surface area contributed by atoms with Crippen LogP contribution in [-0.4, -0.2) is 27.4 Å².